The summed E-state index contributed by atoms with van der Waals surface area (Å²) in [7, 11) is 1.82. The third-order valence-electron chi connectivity index (χ3n) is 5.52. The number of piperazine rings is 1. The van der Waals surface area contributed by atoms with Crippen molar-refractivity contribution in [2.24, 2.45) is 10.9 Å². The summed E-state index contributed by atoms with van der Waals surface area (Å²) in [6.45, 7) is 8.22. The van der Waals surface area contributed by atoms with Gasteiger partial charge in [0.2, 0.25) is 5.91 Å². The van der Waals surface area contributed by atoms with Gasteiger partial charge < -0.3 is 20.0 Å². The van der Waals surface area contributed by atoms with Crippen molar-refractivity contribution in [1.82, 2.24) is 20.1 Å². The van der Waals surface area contributed by atoms with Crippen molar-refractivity contribution in [3.05, 3.63) is 24.4 Å². The van der Waals surface area contributed by atoms with Crippen molar-refractivity contribution in [2.75, 3.05) is 57.8 Å². The lowest BCUT2D eigenvalue weighted by molar-refractivity contribution is -0.131. The van der Waals surface area contributed by atoms with Crippen LogP contribution in [0.25, 0.3) is 0 Å². The van der Waals surface area contributed by atoms with Crippen molar-refractivity contribution in [1.29, 1.82) is 0 Å². The first-order valence-corrected chi connectivity index (χ1v) is 10.1. The van der Waals surface area contributed by atoms with Crippen LogP contribution in [0.15, 0.2) is 29.4 Å². The molecule has 0 unspecified atom stereocenters. The Morgan fingerprint density at radius 2 is 1.86 bits per heavy atom. The second-order valence-electron chi connectivity index (χ2n) is 7.45. The maximum Gasteiger partial charge on any atom is 0.224 e. The van der Waals surface area contributed by atoms with Gasteiger partial charge in [0, 0.05) is 65.5 Å². The average Bonchev–Trinajstić information content (AvgIpc) is 2.73. The highest BCUT2D eigenvalue weighted by Gasteiger charge is 2.22. The molecule has 3 heterocycles. The lowest BCUT2D eigenvalue weighted by Crippen LogP contribution is -2.50. The van der Waals surface area contributed by atoms with Crippen LogP contribution < -0.4 is 10.2 Å². The summed E-state index contributed by atoms with van der Waals surface area (Å²) in [4.78, 5) is 27.8. The number of nitrogens with one attached hydrogen (secondary N) is 1. The quantitative estimate of drug-likeness (QED) is 0.390. The van der Waals surface area contributed by atoms with Gasteiger partial charge in [0.15, 0.2) is 5.96 Å². The van der Waals surface area contributed by atoms with Crippen molar-refractivity contribution >= 4 is 41.7 Å². The van der Waals surface area contributed by atoms with Crippen LogP contribution in [0.2, 0.25) is 0 Å². The summed E-state index contributed by atoms with van der Waals surface area (Å²) < 4.78 is 0. The molecule has 1 aromatic rings. The van der Waals surface area contributed by atoms with E-state index < -0.39 is 0 Å². The van der Waals surface area contributed by atoms with Crippen LogP contribution in [0.3, 0.4) is 0 Å². The second-order valence-corrected chi connectivity index (χ2v) is 7.45. The van der Waals surface area contributed by atoms with Gasteiger partial charge in [-0.1, -0.05) is 13.0 Å². The van der Waals surface area contributed by atoms with Crippen LogP contribution in [0.1, 0.15) is 26.2 Å². The zero-order valence-electron chi connectivity index (χ0n) is 17.0. The number of nitrogens with zero attached hydrogens (tertiary/aromatic N) is 5. The number of hydrogen-bond donors (Lipinski definition) is 1. The van der Waals surface area contributed by atoms with Crippen LogP contribution in [-0.2, 0) is 4.79 Å². The smallest absolute Gasteiger partial charge is 0.224 e. The van der Waals surface area contributed by atoms with E-state index in [-0.39, 0.29) is 29.9 Å². The van der Waals surface area contributed by atoms with E-state index in [0.717, 1.165) is 57.0 Å². The molecule has 2 aliphatic heterocycles. The summed E-state index contributed by atoms with van der Waals surface area (Å²) in [5.41, 5.74) is 0. The van der Waals surface area contributed by atoms with Crippen molar-refractivity contribution < 1.29 is 4.79 Å². The third kappa shape index (κ3) is 6.22. The minimum absolute atomic E-state index is 0. The lowest BCUT2D eigenvalue weighted by Gasteiger charge is -2.35. The lowest BCUT2D eigenvalue weighted by atomic mass is 10.00. The number of aromatic nitrogens is 1. The van der Waals surface area contributed by atoms with Crippen molar-refractivity contribution in [3.63, 3.8) is 0 Å². The summed E-state index contributed by atoms with van der Waals surface area (Å²) >= 11 is 0. The number of piperidine rings is 1. The van der Waals surface area contributed by atoms with E-state index in [9.17, 15) is 4.79 Å². The van der Waals surface area contributed by atoms with E-state index in [2.05, 4.69) is 32.0 Å². The first-order chi connectivity index (χ1) is 13.2. The molecule has 0 radical (unpaired) electrons. The number of carbonyl (C=O) groups is 1. The fourth-order valence-electron chi connectivity index (χ4n) is 3.72. The van der Waals surface area contributed by atoms with Gasteiger partial charge in [-0.15, -0.1) is 24.0 Å². The molecule has 0 spiro atoms. The number of aliphatic imine (C=N–C) groups is 1. The average molecular weight is 500 g/mol. The molecule has 0 aromatic carbocycles. The minimum Gasteiger partial charge on any atom is -0.356 e. The molecule has 1 amide bonds. The van der Waals surface area contributed by atoms with Crippen LogP contribution in [0.5, 0.6) is 0 Å². The zero-order valence-corrected chi connectivity index (χ0v) is 19.3. The molecular weight excluding hydrogens is 467 g/mol. The molecule has 2 saturated heterocycles. The number of amides is 1. The van der Waals surface area contributed by atoms with E-state index in [1.807, 2.05) is 36.3 Å². The van der Waals surface area contributed by atoms with Crippen LogP contribution in [-0.4, -0.2) is 79.5 Å². The highest BCUT2D eigenvalue weighted by atomic mass is 127. The normalized spacial score (nSPS) is 18.6. The fourth-order valence-corrected chi connectivity index (χ4v) is 3.72. The zero-order chi connectivity index (χ0) is 19.1. The molecule has 28 heavy (non-hydrogen) atoms. The van der Waals surface area contributed by atoms with Gasteiger partial charge in [-0.3, -0.25) is 9.79 Å². The number of pyridine rings is 1. The Kier molecular flexibility index (Phi) is 9.27. The standard InChI is InChI=1S/C20H32N6O.HI/c1-17-7-11-26(12-8-17)20(21-2)23-10-6-19(27)25-15-13-24(14-16-25)18-5-3-4-9-22-18;/h3-5,9,17H,6-8,10-16H2,1-2H3,(H,21,23);1H. The van der Waals surface area contributed by atoms with Gasteiger partial charge in [-0.2, -0.15) is 0 Å². The van der Waals surface area contributed by atoms with E-state index in [4.69, 9.17) is 0 Å². The summed E-state index contributed by atoms with van der Waals surface area (Å²) in [5.74, 6) is 2.93. The Bertz CT molecular complexity index is 625. The van der Waals surface area contributed by atoms with E-state index in [1.165, 1.54) is 12.8 Å². The molecule has 1 aromatic heterocycles. The van der Waals surface area contributed by atoms with Gasteiger partial charge in [-0.25, -0.2) is 4.98 Å². The van der Waals surface area contributed by atoms with Crippen molar-refractivity contribution in [2.45, 2.75) is 26.2 Å². The third-order valence-corrected chi connectivity index (χ3v) is 5.52. The molecule has 0 bridgehead atoms. The molecular formula is C20H33IN6O. The fraction of sp³-hybridized carbons (Fsp3) is 0.650. The van der Waals surface area contributed by atoms with Crippen molar-refractivity contribution in [3.8, 4) is 0 Å². The molecule has 156 valence electrons. The molecule has 0 aliphatic carbocycles. The molecule has 2 fully saturated rings. The maximum absolute atomic E-state index is 12.5. The van der Waals surface area contributed by atoms with E-state index in [0.29, 0.717) is 13.0 Å². The van der Waals surface area contributed by atoms with Crippen LogP contribution in [0, 0.1) is 5.92 Å². The highest BCUT2D eigenvalue weighted by molar-refractivity contribution is 14.0. The Balaban J connectivity index is 0.00000280. The Labute approximate surface area is 185 Å². The topological polar surface area (TPSA) is 64.1 Å². The summed E-state index contributed by atoms with van der Waals surface area (Å²) in [6.07, 6.45) is 4.74. The molecule has 3 rings (SSSR count). The largest absolute Gasteiger partial charge is 0.356 e. The number of carbonyl (C=O) groups excluding carboxylic acids is 1. The monoisotopic (exact) mass is 500 g/mol. The predicted octanol–water partition coefficient (Wildman–Crippen LogP) is 2.05. The van der Waals surface area contributed by atoms with E-state index in [1.54, 1.807) is 0 Å². The Morgan fingerprint density at radius 3 is 2.46 bits per heavy atom. The van der Waals surface area contributed by atoms with E-state index >= 15 is 0 Å². The Morgan fingerprint density at radius 1 is 1.14 bits per heavy atom. The Hall–Kier alpha value is -1.58. The van der Waals surface area contributed by atoms with Gasteiger partial charge in [0.05, 0.1) is 0 Å². The number of guanidine groups is 1. The molecule has 0 atom stereocenters. The van der Waals surface area contributed by atoms with Gasteiger partial charge in [-0.05, 0) is 30.9 Å². The predicted molar refractivity (Wildman–Crippen MR) is 124 cm³/mol. The first-order valence-electron chi connectivity index (χ1n) is 10.1. The number of hydrogen-bond acceptors (Lipinski definition) is 4. The van der Waals surface area contributed by atoms with Gasteiger partial charge in [0.25, 0.3) is 0 Å². The molecule has 7 nitrogen and oxygen atoms in total. The number of anilines is 1. The molecule has 8 heteroatoms. The summed E-state index contributed by atoms with van der Waals surface area (Å²) in [5, 5.41) is 3.37. The number of likely N-dealkylation sites (tertiary alicyclic amines) is 1. The minimum atomic E-state index is 0. The molecule has 0 saturated carbocycles. The number of halogens is 1. The van der Waals surface area contributed by atoms with Gasteiger partial charge in [0.1, 0.15) is 5.82 Å². The molecule has 2 aliphatic rings. The number of rotatable bonds is 4. The van der Waals surface area contributed by atoms with Gasteiger partial charge >= 0.3 is 0 Å². The summed E-state index contributed by atoms with van der Waals surface area (Å²) in [6, 6.07) is 5.95. The second kappa shape index (κ2) is 11.4. The SMILES string of the molecule is CN=C(NCCC(=O)N1CCN(c2ccccn2)CC1)N1CCC(C)CC1.I. The van der Waals surface area contributed by atoms with Crippen LogP contribution in [0.4, 0.5) is 5.82 Å². The first kappa shape index (κ1) is 22.7. The van der Waals surface area contributed by atoms with Crippen LogP contribution >= 0.6 is 24.0 Å². The maximum atomic E-state index is 12.5. The molecule has 1 N–H and O–H groups in total. The highest BCUT2D eigenvalue weighted by Crippen LogP contribution is 2.16.